The number of aliphatic carboxylic acids is 1. The predicted molar refractivity (Wildman–Crippen MR) is 81.3 cm³/mol. The first-order valence-corrected chi connectivity index (χ1v) is 7.61. The number of nitrogens with zero attached hydrogens (tertiary/aromatic N) is 1. The minimum atomic E-state index is -0.747. The zero-order chi connectivity index (χ0) is 15.5. The van der Waals surface area contributed by atoms with Crippen LogP contribution in [0.5, 0.6) is 0 Å². The van der Waals surface area contributed by atoms with Crippen LogP contribution in [0.1, 0.15) is 31.7 Å². The van der Waals surface area contributed by atoms with Gasteiger partial charge in [0.25, 0.3) is 0 Å². The molecule has 1 fully saturated rings. The third-order valence-corrected chi connectivity index (χ3v) is 4.87. The van der Waals surface area contributed by atoms with Gasteiger partial charge in [-0.1, -0.05) is 36.7 Å². The van der Waals surface area contributed by atoms with Crippen molar-refractivity contribution in [3.05, 3.63) is 34.9 Å². The first kappa shape index (κ1) is 15.8. The number of benzene rings is 1. The Morgan fingerprint density at radius 3 is 2.43 bits per heavy atom. The normalized spacial score (nSPS) is 17.5. The van der Waals surface area contributed by atoms with Gasteiger partial charge in [-0.25, -0.2) is 0 Å². The van der Waals surface area contributed by atoms with Gasteiger partial charge in [-0.05, 0) is 30.9 Å². The SMILES string of the molecule is CCC1(C(=O)O)CCN(C(=O)Cc2ccccc2Cl)CC1. The Kier molecular flexibility index (Phi) is 4.88. The third-order valence-electron chi connectivity index (χ3n) is 4.50. The highest BCUT2D eigenvalue weighted by molar-refractivity contribution is 6.31. The highest BCUT2D eigenvalue weighted by atomic mass is 35.5. The van der Waals surface area contributed by atoms with E-state index in [1.54, 1.807) is 11.0 Å². The summed E-state index contributed by atoms with van der Waals surface area (Å²) < 4.78 is 0. The smallest absolute Gasteiger partial charge is 0.309 e. The van der Waals surface area contributed by atoms with Crippen LogP contribution in [0.2, 0.25) is 5.02 Å². The van der Waals surface area contributed by atoms with E-state index in [4.69, 9.17) is 11.6 Å². The molecule has 1 aliphatic rings. The molecule has 0 bridgehead atoms. The number of hydrogen-bond acceptors (Lipinski definition) is 2. The molecule has 0 atom stereocenters. The third kappa shape index (κ3) is 3.38. The van der Waals surface area contributed by atoms with E-state index in [9.17, 15) is 14.7 Å². The number of amides is 1. The van der Waals surface area contributed by atoms with Gasteiger partial charge in [0.2, 0.25) is 5.91 Å². The highest BCUT2D eigenvalue weighted by Gasteiger charge is 2.40. The molecule has 1 heterocycles. The number of likely N-dealkylation sites (tertiary alicyclic amines) is 1. The summed E-state index contributed by atoms with van der Waals surface area (Å²) in [7, 11) is 0. The highest BCUT2D eigenvalue weighted by Crippen LogP contribution is 2.35. The molecule has 1 N–H and O–H groups in total. The molecule has 1 aromatic carbocycles. The van der Waals surface area contributed by atoms with Gasteiger partial charge in [0.15, 0.2) is 0 Å². The van der Waals surface area contributed by atoms with E-state index >= 15 is 0 Å². The van der Waals surface area contributed by atoms with E-state index < -0.39 is 11.4 Å². The fraction of sp³-hybridized carbons (Fsp3) is 0.500. The summed E-state index contributed by atoms with van der Waals surface area (Å²) in [6, 6.07) is 7.31. The number of carboxylic acids is 1. The summed E-state index contributed by atoms with van der Waals surface area (Å²) in [5.41, 5.74) is 0.149. The van der Waals surface area contributed by atoms with E-state index in [0.717, 1.165) is 5.56 Å². The Labute approximate surface area is 129 Å². The lowest BCUT2D eigenvalue weighted by molar-refractivity contribution is -0.154. The predicted octanol–water partition coefficient (Wildman–Crippen LogP) is 2.99. The average molecular weight is 310 g/mol. The second kappa shape index (κ2) is 6.48. The maximum absolute atomic E-state index is 12.3. The summed E-state index contributed by atoms with van der Waals surface area (Å²) in [5.74, 6) is -0.735. The standard InChI is InChI=1S/C16H20ClNO3/c1-2-16(15(20)21)7-9-18(10-8-16)14(19)11-12-5-3-4-6-13(12)17/h3-6H,2,7-11H2,1H3,(H,20,21). The number of carboxylic acid groups (broad SMARTS) is 1. The Morgan fingerprint density at radius 1 is 1.29 bits per heavy atom. The van der Waals surface area contributed by atoms with E-state index in [1.165, 1.54) is 0 Å². The molecule has 1 saturated heterocycles. The molecule has 4 nitrogen and oxygen atoms in total. The molecule has 0 aromatic heterocycles. The molecular formula is C16H20ClNO3. The van der Waals surface area contributed by atoms with Crippen LogP contribution in [-0.4, -0.2) is 35.0 Å². The number of halogens is 1. The molecule has 0 radical (unpaired) electrons. The fourth-order valence-electron chi connectivity index (χ4n) is 2.82. The van der Waals surface area contributed by atoms with Crippen LogP contribution in [0.15, 0.2) is 24.3 Å². The Hall–Kier alpha value is -1.55. The maximum atomic E-state index is 12.3. The molecule has 0 saturated carbocycles. The molecular weight excluding hydrogens is 290 g/mol. The zero-order valence-electron chi connectivity index (χ0n) is 12.1. The van der Waals surface area contributed by atoms with Crippen molar-refractivity contribution in [2.45, 2.75) is 32.6 Å². The molecule has 1 amide bonds. The van der Waals surface area contributed by atoms with E-state index in [1.807, 2.05) is 25.1 Å². The quantitative estimate of drug-likeness (QED) is 0.930. The molecule has 0 spiro atoms. The lowest BCUT2D eigenvalue weighted by Gasteiger charge is -2.38. The molecule has 5 heteroatoms. The molecule has 2 rings (SSSR count). The molecule has 1 aromatic rings. The van der Waals surface area contributed by atoms with E-state index in [0.29, 0.717) is 37.4 Å². The van der Waals surface area contributed by atoms with Crippen LogP contribution in [0.25, 0.3) is 0 Å². The second-order valence-electron chi connectivity index (χ2n) is 5.59. The maximum Gasteiger partial charge on any atom is 0.309 e. The fourth-order valence-corrected chi connectivity index (χ4v) is 3.02. The van der Waals surface area contributed by atoms with Gasteiger partial charge in [0.05, 0.1) is 11.8 Å². The summed E-state index contributed by atoms with van der Waals surface area (Å²) >= 11 is 6.07. The Bertz CT molecular complexity index is 536. The van der Waals surface area contributed by atoms with Crippen molar-refractivity contribution in [2.24, 2.45) is 5.41 Å². The summed E-state index contributed by atoms with van der Waals surface area (Å²) in [5, 5.41) is 9.96. The first-order chi connectivity index (χ1) is 9.98. The Morgan fingerprint density at radius 2 is 1.90 bits per heavy atom. The number of hydrogen-bond donors (Lipinski definition) is 1. The minimum absolute atomic E-state index is 0.0122. The number of piperidine rings is 1. The van der Waals surface area contributed by atoms with Crippen molar-refractivity contribution >= 4 is 23.5 Å². The van der Waals surface area contributed by atoms with E-state index in [2.05, 4.69) is 0 Å². The van der Waals surface area contributed by atoms with Gasteiger partial charge in [0.1, 0.15) is 0 Å². The van der Waals surface area contributed by atoms with E-state index in [-0.39, 0.29) is 12.3 Å². The van der Waals surface area contributed by atoms with Crippen molar-refractivity contribution in [3.63, 3.8) is 0 Å². The van der Waals surface area contributed by atoms with Gasteiger partial charge in [-0.3, -0.25) is 9.59 Å². The number of carbonyl (C=O) groups is 2. The summed E-state index contributed by atoms with van der Waals surface area (Å²) in [4.78, 5) is 25.5. The van der Waals surface area contributed by atoms with Gasteiger partial charge >= 0.3 is 5.97 Å². The van der Waals surface area contributed by atoms with Crippen molar-refractivity contribution in [1.82, 2.24) is 4.90 Å². The van der Waals surface area contributed by atoms with Gasteiger partial charge in [0, 0.05) is 18.1 Å². The molecule has 21 heavy (non-hydrogen) atoms. The summed E-state index contributed by atoms with van der Waals surface area (Å²) in [6.07, 6.45) is 1.92. The number of rotatable bonds is 4. The van der Waals surface area contributed by atoms with Gasteiger partial charge < -0.3 is 10.0 Å². The van der Waals surface area contributed by atoms with Crippen LogP contribution >= 0.6 is 11.6 Å². The minimum Gasteiger partial charge on any atom is -0.481 e. The Balaban J connectivity index is 1.98. The monoisotopic (exact) mass is 309 g/mol. The molecule has 0 unspecified atom stereocenters. The lowest BCUT2D eigenvalue weighted by Crippen LogP contribution is -2.46. The zero-order valence-corrected chi connectivity index (χ0v) is 12.9. The number of carbonyl (C=O) groups excluding carboxylic acids is 1. The van der Waals surface area contributed by atoms with Crippen LogP contribution in [0.4, 0.5) is 0 Å². The largest absolute Gasteiger partial charge is 0.481 e. The van der Waals surface area contributed by atoms with Crippen molar-refractivity contribution < 1.29 is 14.7 Å². The summed E-state index contributed by atoms with van der Waals surface area (Å²) in [6.45, 7) is 2.90. The topological polar surface area (TPSA) is 57.6 Å². The van der Waals surface area contributed by atoms with Crippen LogP contribution in [0.3, 0.4) is 0 Å². The van der Waals surface area contributed by atoms with Crippen molar-refractivity contribution in [1.29, 1.82) is 0 Å². The lowest BCUT2D eigenvalue weighted by atomic mass is 9.76. The first-order valence-electron chi connectivity index (χ1n) is 7.23. The average Bonchev–Trinajstić information content (AvgIpc) is 2.49. The molecule has 114 valence electrons. The van der Waals surface area contributed by atoms with Crippen LogP contribution < -0.4 is 0 Å². The molecule has 1 aliphatic heterocycles. The van der Waals surface area contributed by atoms with Gasteiger partial charge in [-0.15, -0.1) is 0 Å². The van der Waals surface area contributed by atoms with Crippen molar-refractivity contribution in [3.8, 4) is 0 Å². The van der Waals surface area contributed by atoms with Crippen molar-refractivity contribution in [2.75, 3.05) is 13.1 Å². The second-order valence-corrected chi connectivity index (χ2v) is 6.00. The van der Waals surface area contributed by atoms with Crippen LogP contribution in [0, 0.1) is 5.41 Å². The molecule has 0 aliphatic carbocycles. The van der Waals surface area contributed by atoms with Crippen LogP contribution in [-0.2, 0) is 16.0 Å². The van der Waals surface area contributed by atoms with Gasteiger partial charge in [-0.2, -0.15) is 0 Å².